The summed E-state index contributed by atoms with van der Waals surface area (Å²) in [5.41, 5.74) is 7.64. The van der Waals surface area contributed by atoms with E-state index >= 15 is 0 Å². The highest BCUT2D eigenvalue weighted by Gasteiger charge is 2.11. The topological polar surface area (TPSA) is 50.4 Å². The second-order valence-corrected chi connectivity index (χ2v) is 5.74. The van der Waals surface area contributed by atoms with E-state index in [-0.39, 0.29) is 29.2 Å². The summed E-state index contributed by atoms with van der Waals surface area (Å²) in [6.45, 7) is 4.53. The second kappa shape index (κ2) is 11.1. The maximum Gasteiger partial charge on any atom is 0.331 e. The minimum absolute atomic E-state index is 0.0574. The van der Waals surface area contributed by atoms with E-state index in [4.69, 9.17) is 5.73 Å². The van der Waals surface area contributed by atoms with Crippen LogP contribution >= 0.6 is 0 Å². The lowest BCUT2D eigenvalue weighted by atomic mass is 10.0. The van der Waals surface area contributed by atoms with Gasteiger partial charge in [0.25, 0.3) is 0 Å². The Morgan fingerprint density at radius 3 is 2.36 bits per heavy atom. The van der Waals surface area contributed by atoms with E-state index < -0.39 is 12.4 Å². The molecule has 0 spiro atoms. The number of hydrogen-bond donors (Lipinski definition) is 2. The summed E-state index contributed by atoms with van der Waals surface area (Å²) >= 11 is 0. The van der Waals surface area contributed by atoms with Crippen molar-refractivity contribution in [1.82, 2.24) is 0 Å². The molecule has 7 heteroatoms. The molecule has 3 N–H and O–H groups in total. The Kier molecular flexibility index (Phi) is 9.21. The molecular weight excluding hydrogens is 370 g/mol. The molecule has 0 aliphatic rings. The number of halogens is 4. The smallest absolute Gasteiger partial charge is 0.331 e. The molecule has 0 aliphatic carbocycles. The van der Waals surface area contributed by atoms with Crippen molar-refractivity contribution in [3.05, 3.63) is 70.4 Å². The minimum Gasteiger partial charge on any atom is -0.402 e. The van der Waals surface area contributed by atoms with Crippen molar-refractivity contribution in [2.45, 2.75) is 40.8 Å². The lowest BCUT2D eigenvalue weighted by Crippen LogP contribution is -2.06. The molecule has 2 aromatic carbocycles. The molecule has 0 fully saturated rings. The zero-order valence-electron chi connectivity index (χ0n) is 16.4. The Labute approximate surface area is 163 Å². The summed E-state index contributed by atoms with van der Waals surface area (Å²) in [6.07, 6.45) is 0.855. The lowest BCUT2D eigenvalue weighted by Gasteiger charge is -2.12. The molecule has 0 aliphatic heterocycles. The maximum atomic E-state index is 14.4. The fourth-order valence-electron chi connectivity index (χ4n) is 2.44. The predicted molar refractivity (Wildman–Crippen MR) is 107 cm³/mol. The molecular formula is C21H25F4N3. The average Bonchev–Trinajstić information content (AvgIpc) is 2.64. The molecule has 0 amide bonds. The summed E-state index contributed by atoms with van der Waals surface area (Å²) in [5, 5.41) is 2.95. The number of anilines is 1. The van der Waals surface area contributed by atoms with Gasteiger partial charge in [0.2, 0.25) is 0 Å². The first-order valence-electron chi connectivity index (χ1n) is 8.85. The van der Waals surface area contributed by atoms with Gasteiger partial charge in [0.05, 0.1) is 0 Å². The van der Waals surface area contributed by atoms with Crippen LogP contribution in [0.1, 0.15) is 37.5 Å². The summed E-state index contributed by atoms with van der Waals surface area (Å²) in [7, 11) is 0. The van der Waals surface area contributed by atoms with Gasteiger partial charge in [-0.05, 0) is 43.7 Å². The van der Waals surface area contributed by atoms with E-state index in [9.17, 15) is 17.6 Å². The van der Waals surface area contributed by atoms with E-state index in [2.05, 4.69) is 10.3 Å². The number of aliphatic imine (C=N–C) groups is 1. The minimum atomic E-state index is -2.91. The number of allylic oxidation sites excluding steroid dienone is 2. The monoisotopic (exact) mass is 395 g/mol. The van der Waals surface area contributed by atoms with Gasteiger partial charge in [0, 0.05) is 40.8 Å². The fraction of sp³-hybridized carbons (Fsp3) is 0.286. The van der Waals surface area contributed by atoms with Gasteiger partial charge in [-0.3, -0.25) is 0 Å². The number of nitrogens with zero attached hydrogens (tertiary/aromatic N) is 1. The summed E-state index contributed by atoms with van der Waals surface area (Å²) in [6, 6.07) is 8.93. The molecule has 0 heterocycles. The number of nitrogens with two attached hydrogens (primary N) is 1. The van der Waals surface area contributed by atoms with Gasteiger partial charge in [-0.15, -0.1) is 0 Å². The van der Waals surface area contributed by atoms with Gasteiger partial charge in [-0.2, -0.15) is 8.78 Å². The highest BCUT2D eigenvalue weighted by Crippen LogP contribution is 2.23. The normalized spacial score (nSPS) is 11.9. The Hall–Kier alpha value is -2.83. The van der Waals surface area contributed by atoms with Crippen LogP contribution < -0.4 is 11.1 Å². The van der Waals surface area contributed by atoms with E-state index in [0.717, 1.165) is 11.8 Å². The van der Waals surface area contributed by atoms with Crippen molar-refractivity contribution in [3.63, 3.8) is 0 Å². The Morgan fingerprint density at radius 2 is 1.82 bits per heavy atom. The number of nitrogens with one attached hydrogen (secondary N) is 1. The second-order valence-electron chi connectivity index (χ2n) is 5.74. The predicted octanol–water partition coefficient (Wildman–Crippen LogP) is 5.89. The van der Waals surface area contributed by atoms with Gasteiger partial charge < -0.3 is 11.1 Å². The van der Waals surface area contributed by atoms with Gasteiger partial charge in [-0.25, -0.2) is 13.8 Å². The van der Waals surface area contributed by atoms with E-state index in [1.54, 1.807) is 25.1 Å². The number of rotatable bonds is 6. The fourth-order valence-corrected chi connectivity index (χ4v) is 2.44. The third-order valence-electron chi connectivity index (χ3n) is 3.82. The van der Waals surface area contributed by atoms with Crippen LogP contribution in [0.15, 0.2) is 47.1 Å². The molecule has 152 valence electrons. The van der Waals surface area contributed by atoms with Gasteiger partial charge in [-0.1, -0.05) is 26.0 Å². The molecule has 0 atom stereocenters. The summed E-state index contributed by atoms with van der Waals surface area (Å²) in [5.74, 6) is -0.998. The summed E-state index contributed by atoms with van der Waals surface area (Å²) < 4.78 is 52.8. The van der Waals surface area contributed by atoms with Crippen LogP contribution in [0.2, 0.25) is 0 Å². The molecule has 0 aromatic heterocycles. The third kappa shape index (κ3) is 6.40. The standard InChI is InChI=1S/C19H19F4N3.C2H6/c1-11-4-3-5-17(20)15(11)9-25-13-6-7-14(18(21)8-13)16(12(2)24)10-26-19(22)23;1-2/h3-8,10,19,25H,9,24H2,1-2H3;1-2H3/b16-12+,26-10+;. The molecule has 2 rings (SSSR count). The van der Waals surface area contributed by atoms with Crippen molar-refractivity contribution in [2.24, 2.45) is 10.7 Å². The van der Waals surface area contributed by atoms with Gasteiger partial charge in [0.1, 0.15) is 11.6 Å². The maximum absolute atomic E-state index is 14.4. The Morgan fingerprint density at radius 1 is 1.14 bits per heavy atom. The highest BCUT2D eigenvalue weighted by atomic mass is 19.3. The van der Waals surface area contributed by atoms with Crippen molar-refractivity contribution < 1.29 is 17.6 Å². The quantitative estimate of drug-likeness (QED) is 0.364. The van der Waals surface area contributed by atoms with Crippen LogP contribution in [0, 0.1) is 18.6 Å². The lowest BCUT2D eigenvalue weighted by molar-refractivity contribution is 0.161. The van der Waals surface area contributed by atoms with Crippen LogP contribution in [0.5, 0.6) is 0 Å². The van der Waals surface area contributed by atoms with Crippen molar-refractivity contribution in [1.29, 1.82) is 0 Å². The van der Waals surface area contributed by atoms with Gasteiger partial charge >= 0.3 is 6.55 Å². The highest BCUT2D eigenvalue weighted by molar-refractivity contribution is 6.10. The molecule has 0 saturated carbocycles. The van der Waals surface area contributed by atoms with Crippen LogP contribution in [-0.2, 0) is 6.54 Å². The van der Waals surface area contributed by atoms with Gasteiger partial charge in [0.15, 0.2) is 0 Å². The van der Waals surface area contributed by atoms with Crippen LogP contribution in [0.25, 0.3) is 5.57 Å². The summed E-state index contributed by atoms with van der Waals surface area (Å²) in [4.78, 5) is 2.96. The van der Waals surface area contributed by atoms with Crippen molar-refractivity contribution in [2.75, 3.05) is 5.32 Å². The number of aryl methyl sites for hydroxylation is 1. The van der Waals surface area contributed by atoms with E-state index in [1.165, 1.54) is 25.1 Å². The SMILES string of the molecule is C/C(N)=C(/C=N/C(F)F)c1ccc(NCc2c(C)cccc2F)cc1F.CC. The molecule has 0 radical (unpaired) electrons. The molecule has 0 unspecified atom stereocenters. The molecule has 0 bridgehead atoms. The third-order valence-corrected chi connectivity index (χ3v) is 3.82. The average molecular weight is 395 g/mol. The first kappa shape index (κ1) is 23.2. The van der Waals surface area contributed by atoms with Crippen molar-refractivity contribution >= 4 is 17.5 Å². The van der Waals surface area contributed by atoms with Crippen molar-refractivity contribution in [3.8, 4) is 0 Å². The van der Waals surface area contributed by atoms with E-state index in [0.29, 0.717) is 11.3 Å². The van der Waals surface area contributed by atoms with Crippen LogP contribution in [0.4, 0.5) is 23.2 Å². The number of benzene rings is 2. The number of alkyl halides is 2. The first-order valence-corrected chi connectivity index (χ1v) is 8.85. The zero-order valence-corrected chi connectivity index (χ0v) is 16.4. The van der Waals surface area contributed by atoms with E-state index in [1.807, 2.05) is 13.8 Å². The molecule has 0 saturated heterocycles. The molecule has 28 heavy (non-hydrogen) atoms. The molecule has 3 nitrogen and oxygen atoms in total. The van der Waals surface area contributed by atoms with Crippen LogP contribution in [0.3, 0.4) is 0 Å². The molecule has 2 aromatic rings. The Bertz CT molecular complexity index is 821. The zero-order chi connectivity index (χ0) is 21.3. The first-order chi connectivity index (χ1) is 13.3. The largest absolute Gasteiger partial charge is 0.402 e. The van der Waals surface area contributed by atoms with Crippen LogP contribution in [-0.4, -0.2) is 12.8 Å². The number of hydrogen-bond acceptors (Lipinski definition) is 3. The Balaban J connectivity index is 0.00000190.